The molecule has 0 fully saturated rings. The molecule has 100 valence electrons. The van der Waals surface area contributed by atoms with Crippen LogP contribution in [-0.2, 0) is 0 Å². The highest BCUT2D eigenvalue weighted by Crippen LogP contribution is 2.26. The Bertz CT molecular complexity index is 665. The lowest BCUT2D eigenvalue weighted by molar-refractivity contribution is 0.0945. The third-order valence-corrected chi connectivity index (χ3v) is 3.55. The third kappa shape index (κ3) is 3.11. The van der Waals surface area contributed by atoms with Gasteiger partial charge in [0.2, 0.25) is 0 Å². The van der Waals surface area contributed by atoms with Gasteiger partial charge in [-0.2, -0.15) is 5.26 Å². The zero-order chi connectivity index (χ0) is 14.5. The van der Waals surface area contributed by atoms with Crippen molar-refractivity contribution in [2.75, 3.05) is 0 Å². The summed E-state index contributed by atoms with van der Waals surface area (Å²) < 4.78 is 0. The predicted octanol–water partition coefficient (Wildman–Crippen LogP) is 3.99. The van der Waals surface area contributed by atoms with Gasteiger partial charge in [0.25, 0.3) is 5.91 Å². The highest BCUT2D eigenvalue weighted by molar-refractivity contribution is 6.43. The largest absolute Gasteiger partial charge is 0.332 e. The Kier molecular flexibility index (Phi) is 4.62. The Morgan fingerprint density at radius 1 is 1.10 bits per heavy atom. The summed E-state index contributed by atoms with van der Waals surface area (Å²) in [7, 11) is 0. The van der Waals surface area contributed by atoms with Crippen LogP contribution < -0.4 is 5.32 Å². The lowest BCUT2D eigenvalue weighted by atomic mass is 10.1. The van der Waals surface area contributed by atoms with Gasteiger partial charge in [0.1, 0.15) is 6.04 Å². The summed E-state index contributed by atoms with van der Waals surface area (Å²) in [6, 6.07) is 15.1. The SMILES string of the molecule is N#CC(NC(=O)c1cccc(Cl)c1Cl)c1ccccc1. The van der Waals surface area contributed by atoms with E-state index in [1.165, 1.54) is 0 Å². The maximum absolute atomic E-state index is 12.2. The minimum Gasteiger partial charge on any atom is -0.332 e. The first kappa shape index (κ1) is 14.4. The van der Waals surface area contributed by atoms with E-state index in [1.54, 1.807) is 42.5 Å². The smallest absolute Gasteiger partial charge is 0.254 e. The van der Waals surface area contributed by atoms with Gasteiger partial charge in [0.15, 0.2) is 0 Å². The van der Waals surface area contributed by atoms with E-state index in [4.69, 9.17) is 23.2 Å². The molecule has 0 aliphatic carbocycles. The van der Waals surface area contributed by atoms with Gasteiger partial charge in [0, 0.05) is 0 Å². The Labute approximate surface area is 126 Å². The summed E-state index contributed by atoms with van der Waals surface area (Å²) >= 11 is 11.9. The lowest BCUT2D eigenvalue weighted by Gasteiger charge is -2.13. The van der Waals surface area contributed by atoms with Crippen LogP contribution in [0.1, 0.15) is 22.0 Å². The number of carbonyl (C=O) groups excluding carboxylic acids is 1. The van der Waals surface area contributed by atoms with Crippen LogP contribution in [0.2, 0.25) is 10.0 Å². The number of benzene rings is 2. The Morgan fingerprint density at radius 2 is 1.80 bits per heavy atom. The molecule has 0 saturated carbocycles. The third-order valence-electron chi connectivity index (χ3n) is 2.73. The Hall–Kier alpha value is -2.02. The molecule has 3 nitrogen and oxygen atoms in total. The van der Waals surface area contributed by atoms with Crippen molar-refractivity contribution in [1.82, 2.24) is 5.32 Å². The molecule has 2 rings (SSSR count). The fraction of sp³-hybridized carbons (Fsp3) is 0.0667. The lowest BCUT2D eigenvalue weighted by Crippen LogP contribution is -2.27. The van der Waals surface area contributed by atoms with Gasteiger partial charge in [-0.1, -0.05) is 59.6 Å². The first-order valence-corrected chi connectivity index (χ1v) is 6.58. The van der Waals surface area contributed by atoms with Crippen LogP contribution in [0.3, 0.4) is 0 Å². The molecule has 0 radical (unpaired) electrons. The zero-order valence-corrected chi connectivity index (χ0v) is 11.8. The molecular weight excluding hydrogens is 295 g/mol. The second kappa shape index (κ2) is 6.42. The van der Waals surface area contributed by atoms with E-state index in [1.807, 2.05) is 12.1 Å². The number of halogens is 2. The van der Waals surface area contributed by atoms with Gasteiger partial charge in [0.05, 0.1) is 21.7 Å². The number of nitrogens with one attached hydrogen (secondary N) is 1. The number of hydrogen-bond acceptors (Lipinski definition) is 2. The summed E-state index contributed by atoms with van der Waals surface area (Å²) in [5, 5.41) is 12.3. The summed E-state index contributed by atoms with van der Waals surface area (Å²) in [6.45, 7) is 0. The normalized spacial score (nSPS) is 11.4. The first-order chi connectivity index (χ1) is 9.63. The number of hydrogen-bond donors (Lipinski definition) is 1. The number of nitrogens with zero attached hydrogens (tertiary/aromatic N) is 1. The van der Waals surface area contributed by atoms with Crippen molar-refractivity contribution in [3.05, 3.63) is 69.7 Å². The molecule has 5 heteroatoms. The molecule has 2 aromatic carbocycles. The van der Waals surface area contributed by atoms with E-state index in [-0.39, 0.29) is 10.6 Å². The first-order valence-electron chi connectivity index (χ1n) is 5.83. The fourth-order valence-electron chi connectivity index (χ4n) is 1.72. The highest BCUT2D eigenvalue weighted by Gasteiger charge is 2.17. The number of nitriles is 1. The van der Waals surface area contributed by atoms with Crippen molar-refractivity contribution < 1.29 is 4.79 Å². The van der Waals surface area contributed by atoms with Gasteiger partial charge in [-0.25, -0.2) is 0 Å². The van der Waals surface area contributed by atoms with Crippen molar-refractivity contribution in [2.24, 2.45) is 0 Å². The molecule has 0 heterocycles. The van der Waals surface area contributed by atoms with Crippen LogP contribution in [0, 0.1) is 11.3 Å². The Morgan fingerprint density at radius 3 is 2.45 bits per heavy atom. The average Bonchev–Trinajstić information content (AvgIpc) is 2.48. The van der Waals surface area contributed by atoms with Crippen LogP contribution in [0.15, 0.2) is 48.5 Å². The monoisotopic (exact) mass is 304 g/mol. The summed E-state index contributed by atoms with van der Waals surface area (Å²) in [4.78, 5) is 12.2. The van der Waals surface area contributed by atoms with E-state index in [0.717, 1.165) is 0 Å². The molecule has 20 heavy (non-hydrogen) atoms. The molecular formula is C15H10Cl2N2O. The van der Waals surface area contributed by atoms with Crippen molar-refractivity contribution in [3.63, 3.8) is 0 Å². The summed E-state index contributed by atoms with van der Waals surface area (Å²) in [6.07, 6.45) is 0. The minimum atomic E-state index is -0.737. The van der Waals surface area contributed by atoms with Crippen LogP contribution in [0.5, 0.6) is 0 Å². The van der Waals surface area contributed by atoms with Crippen LogP contribution in [0.4, 0.5) is 0 Å². The van der Waals surface area contributed by atoms with E-state index in [9.17, 15) is 10.1 Å². The number of amides is 1. The maximum atomic E-state index is 12.2. The van der Waals surface area contributed by atoms with Gasteiger partial charge < -0.3 is 5.32 Å². The van der Waals surface area contributed by atoms with Crippen molar-refractivity contribution in [3.8, 4) is 6.07 Å². The number of carbonyl (C=O) groups is 1. The predicted molar refractivity (Wildman–Crippen MR) is 78.7 cm³/mol. The zero-order valence-electron chi connectivity index (χ0n) is 10.3. The molecule has 1 unspecified atom stereocenters. The summed E-state index contributed by atoms with van der Waals surface area (Å²) in [5.74, 6) is -0.437. The van der Waals surface area contributed by atoms with Crippen LogP contribution in [-0.4, -0.2) is 5.91 Å². The standard InChI is InChI=1S/C15H10Cl2N2O/c16-12-8-4-7-11(14(12)17)15(20)19-13(9-18)10-5-2-1-3-6-10/h1-8,13H,(H,19,20). The minimum absolute atomic E-state index is 0.177. The summed E-state index contributed by atoms with van der Waals surface area (Å²) in [5.41, 5.74) is 0.955. The van der Waals surface area contributed by atoms with Crippen molar-refractivity contribution in [1.29, 1.82) is 5.26 Å². The van der Waals surface area contributed by atoms with Gasteiger partial charge in [-0.05, 0) is 17.7 Å². The molecule has 1 N–H and O–H groups in total. The molecule has 2 aromatic rings. The van der Waals surface area contributed by atoms with Crippen LogP contribution >= 0.6 is 23.2 Å². The topological polar surface area (TPSA) is 52.9 Å². The van der Waals surface area contributed by atoms with Crippen molar-refractivity contribution >= 4 is 29.1 Å². The molecule has 1 amide bonds. The van der Waals surface area contributed by atoms with E-state index < -0.39 is 11.9 Å². The molecule has 0 aliphatic heterocycles. The molecule has 0 spiro atoms. The molecule has 0 aromatic heterocycles. The van der Waals surface area contributed by atoms with Crippen LogP contribution in [0.25, 0.3) is 0 Å². The van der Waals surface area contributed by atoms with E-state index >= 15 is 0 Å². The van der Waals surface area contributed by atoms with Gasteiger partial charge in [-0.15, -0.1) is 0 Å². The Balaban J connectivity index is 2.23. The van der Waals surface area contributed by atoms with E-state index in [0.29, 0.717) is 10.6 Å². The van der Waals surface area contributed by atoms with Gasteiger partial charge in [-0.3, -0.25) is 4.79 Å². The molecule has 1 atom stereocenters. The highest BCUT2D eigenvalue weighted by atomic mass is 35.5. The molecule has 0 saturated heterocycles. The fourth-order valence-corrected chi connectivity index (χ4v) is 2.11. The molecule has 0 aliphatic rings. The van der Waals surface area contributed by atoms with E-state index in [2.05, 4.69) is 5.32 Å². The second-order valence-corrected chi connectivity index (χ2v) is 4.83. The molecule has 0 bridgehead atoms. The van der Waals surface area contributed by atoms with Gasteiger partial charge >= 0.3 is 0 Å². The maximum Gasteiger partial charge on any atom is 0.254 e. The average molecular weight is 305 g/mol. The quantitative estimate of drug-likeness (QED) is 0.932. The van der Waals surface area contributed by atoms with Crippen molar-refractivity contribution in [2.45, 2.75) is 6.04 Å². The number of rotatable bonds is 3. The second-order valence-electron chi connectivity index (χ2n) is 4.05.